The number of carbonyl (C=O) groups is 1. The number of hydrogen-bond donors (Lipinski definition) is 2. The van der Waals surface area contributed by atoms with Crippen LogP contribution in [0, 0.1) is 0 Å². The minimum Gasteiger partial charge on any atom is -0.508 e. The molecule has 0 aliphatic rings. The van der Waals surface area contributed by atoms with Gasteiger partial charge >= 0.3 is 5.97 Å². The standard InChI is InChI=1S/C11H14O3/c1-2-5-9(11(13)14)8-6-3-4-7-10(8)12/h3-4,6-7,9,12H,2,5H2,1H3,(H,13,14). The van der Waals surface area contributed by atoms with Gasteiger partial charge in [0.05, 0.1) is 5.92 Å². The molecule has 0 aliphatic heterocycles. The third-order valence-electron chi connectivity index (χ3n) is 2.19. The van der Waals surface area contributed by atoms with Gasteiger partial charge in [0, 0.05) is 5.56 Å². The van der Waals surface area contributed by atoms with Crippen molar-refractivity contribution in [3.05, 3.63) is 29.8 Å². The summed E-state index contributed by atoms with van der Waals surface area (Å²) in [5, 5.41) is 18.5. The van der Waals surface area contributed by atoms with Crippen LogP contribution in [-0.4, -0.2) is 16.2 Å². The summed E-state index contributed by atoms with van der Waals surface area (Å²) < 4.78 is 0. The number of aromatic hydroxyl groups is 1. The Balaban J connectivity index is 2.99. The third-order valence-corrected chi connectivity index (χ3v) is 2.19. The molecular weight excluding hydrogens is 180 g/mol. The number of carboxylic acid groups (broad SMARTS) is 1. The molecule has 0 bridgehead atoms. The molecule has 0 saturated carbocycles. The Kier molecular flexibility index (Phi) is 3.51. The smallest absolute Gasteiger partial charge is 0.311 e. The van der Waals surface area contributed by atoms with Gasteiger partial charge in [0.15, 0.2) is 0 Å². The molecule has 1 aromatic carbocycles. The first-order chi connectivity index (χ1) is 6.66. The van der Waals surface area contributed by atoms with Crippen LogP contribution >= 0.6 is 0 Å². The first-order valence-corrected chi connectivity index (χ1v) is 4.67. The molecule has 2 N–H and O–H groups in total. The largest absolute Gasteiger partial charge is 0.508 e. The van der Waals surface area contributed by atoms with E-state index in [-0.39, 0.29) is 5.75 Å². The zero-order valence-corrected chi connectivity index (χ0v) is 8.10. The first kappa shape index (κ1) is 10.6. The van der Waals surface area contributed by atoms with Crippen molar-refractivity contribution in [1.29, 1.82) is 0 Å². The minimum atomic E-state index is -0.881. The lowest BCUT2D eigenvalue weighted by molar-refractivity contribution is -0.139. The average Bonchev–Trinajstić information content (AvgIpc) is 2.15. The maximum Gasteiger partial charge on any atom is 0.311 e. The van der Waals surface area contributed by atoms with Crippen molar-refractivity contribution in [1.82, 2.24) is 0 Å². The van der Waals surface area contributed by atoms with E-state index in [1.807, 2.05) is 6.92 Å². The van der Waals surface area contributed by atoms with Crippen molar-refractivity contribution in [2.24, 2.45) is 0 Å². The quantitative estimate of drug-likeness (QED) is 0.773. The fraction of sp³-hybridized carbons (Fsp3) is 0.364. The molecule has 0 saturated heterocycles. The SMILES string of the molecule is CCCC(C(=O)O)c1ccccc1O. The maximum atomic E-state index is 10.9. The highest BCUT2D eigenvalue weighted by Gasteiger charge is 2.21. The van der Waals surface area contributed by atoms with Crippen molar-refractivity contribution in [2.75, 3.05) is 0 Å². The van der Waals surface area contributed by atoms with Gasteiger partial charge in [-0.1, -0.05) is 31.5 Å². The molecule has 14 heavy (non-hydrogen) atoms. The summed E-state index contributed by atoms with van der Waals surface area (Å²) in [5.74, 6) is -1.41. The molecule has 76 valence electrons. The molecule has 0 fully saturated rings. The summed E-state index contributed by atoms with van der Waals surface area (Å²) >= 11 is 0. The molecule has 1 atom stereocenters. The van der Waals surface area contributed by atoms with Crippen molar-refractivity contribution in [2.45, 2.75) is 25.7 Å². The Labute approximate surface area is 83.0 Å². The van der Waals surface area contributed by atoms with Crippen molar-refractivity contribution < 1.29 is 15.0 Å². The molecule has 0 spiro atoms. The van der Waals surface area contributed by atoms with Crippen LogP contribution in [0.2, 0.25) is 0 Å². The summed E-state index contributed by atoms with van der Waals surface area (Å²) in [7, 11) is 0. The monoisotopic (exact) mass is 194 g/mol. The zero-order chi connectivity index (χ0) is 10.6. The van der Waals surface area contributed by atoms with E-state index >= 15 is 0 Å². The van der Waals surface area contributed by atoms with Crippen LogP contribution in [-0.2, 0) is 4.79 Å². The highest BCUT2D eigenvalue weighted by molar-refractivity contribution is 5.77. The minimum absolute atomic E-state index is 0.0633. The van der Waals surface area contributed by atoms with Crippen molar-refractivity contribution in [3.8, 4) is 5.75 Å². The van der Waals surface area contributed by atoms with Crippen LogP contribution in [0.5, 0.6) is 5.75 Å². The number of aliphatic carboxylic acids is 1. The Hall–Kier alpha value is -1.51. The van der Waals surface area contributed by atoms with E-state index in [9.17, 15) is 9.90 Å². The second-order valence-corrected chi connectivity index (χ2v) is 3.24. The Morgan fingerprint density at radius 3 is 2.57 bits per heavy atom. The maximum absolute atomic E-state index is 10.9. The van der Waals surface area contributed by atoms with Gasteiger partial charge in [-0.15, -0.1) is 0 Å². The second kappa shape index (κ2) is 4.65. The van der Waals surface area contributed by atoms with Gasteiger partial charge in [-0.25, -0.2) is 0 Å². The molecule has 3 nitrogen and oxygen atoms in total. The fourth-order valence-corrected chi connectivity index (χ4v) is 1.48. The zero-order valence-electron chi connectivity index (χ0n) is 8.10. The van der Waals surface area contributed by atoms with E-state index in [1.54, 1.807) is 18.2 Å². The van der Waals surface area contributed by atoms with Crippen LogP contribution in [0.4, 0.5) is 0 Å². The van der Waals surface area contributed by atoms with Gasteiger partial charge < -0.3 is 10.2 Å². The normalized spacial score (nSPS) is 12.4. The number of rotatable bonds is 4. The van der Waals surface area contributed by atoms with Crippen LogP contribution in [0.1, 0.15) is 31.2 Å². The number of phenolic OH excluding ortho intramolecular Hbond substituents is 1. The fourth-order valence-electron chi connectivity index (χ4n) is 1.48. The van der Waals surface area contributed by atoms with E-state index in [0.29, 0.717) is 12.0 Å². The van der Waals surface area contributed by atoms with Crippen molar-refractivity contribution in [3.63, 3.8) is 0 Å². The summed E-state index contributed by atoms with van der Waals surface area (Å²) in [6.07, 6.45) is 1.33. The molecule has 3 heteroatoms. The highest BCUT2D eigenvalue weighted by Crippen LogP contribution is 2.28. The van der Waals surface area contributed by atoms with E-state index < -0.39 is 11.9 Å². The first-order valence-electron chi connectivity index (χ1n) is 4.67. The van der Waals surface area contributed by atoms with Gasteiger partial charge in [0.25, 0.3) is 0 Å². The Morgan fingerprint density at radius 1 is 1.43 bits per heavy atom. The molecule has 0 aliphatic carbocycles. The van der Waals surface area contributed by atoms with Crippen LogP contribution < -0.4 is 0 Å². The molecule has 1 unspecified atom stereocenters. The van der Waals surface area contributed by atoms with E-state index in [4.69, 9.17) is 5.11 Å². The van der Waals surface area contributed by atoms with Crippen LogP contribution in [0.25, 0.3) is 0 Å². The van der Waals surface area contributed by atoms with Gasteiger partial charge in [-0.3, -0.25) is 4.79 Å². The third kappa shape index (κ3) is 2.25. The topological polar surface area (TPSA) is 57.5 Å². The molecule has 0 radical (unpaired) electrons. The molecular formula is C11H14O3. The number of carboxylic acids is 1. The number of para-hydroxylation sites is 1. The van der Waals surface area contributed by atoms with Crippen LogP contribution in [0.3, 0.4) is 0 Å². The summed E-state index contributed by atoms with van der Waals surface area (Å²) in [6, 6.07) is 6.59. The molecule has 0 heterocycles. The number of benzene rings is 1. The van der Waals surface area contributed by atoms with E-state index in [1.165, 1.54) is 6.07 Å². The van der Waals surface area contributed by atoms with Crippen molar-refractivity contribution >= 4 is 5.97 Å². The van der Waals surface area contributed by atoms with Gasteiger partial charge in [0.1, 0.15) is 5.75 Å². The summed E-state index contributed by atoms with van der Waals surface area (Å²) in [5.41, 5.74) is 0.502. The summed E-state index contributed by atoms with van der Waals surface area (Å²) in [4.78, 5) is 10.9. The van der Waals surface area contributed by atoms with Gasteiger partial charge in [-0.2, -0.15) is 0 Å². The van der Waals surface area contributed by atoms with Gasteiger partial charge in [0.2, 0.25) is 0 Å². The molecule has 0 amide bonds. The van der Waals surface area contributed by atoms with Crippen LogP contribution in [0.15, 0.2) is 24.3 Å². The number of hydrogen-bond acceptors (Lipinski definition) is 2. The van der Waals surface area contributed by atoms with E-state index in [2.05, 4.69) is 0 Å². The Morgan fingerprint density at radius 2 is 2.07 bits per heavy atom. The highest BCUT2D eigenvalue weighted by atomic mass is 16.4. The lowest BCUT2D eigenvalue weighted by atomic mass is 9.94. The lowest BCUT2D eigenvalue weighted by Gasteiger charge is -2.12. The summed E-state index contributed by atoms with van der Waals surface area (Å²) in [6.45, 7) is 1.93. The Bertz CT molecular complexity index is 320. The van der Waals surface area contributed by atoms with Gasteiger partial charge in [-0.05, 0) is 12.5 Å². The molecule has 1 aromatic rings. The van der Waals surface area contributed by atoms with E-state index in [0.717, 1.165) is 6.42 Å². The second-order valence-electron chi connectivity index (χ2n) is 3.24. The molecule has 1 rings (SSSR count). The molecule has 0 aromatic heterocycles. The average molecular weight is 194 g/mol. The number of phenols is 1. The lowest BCUT2D eigenvalue weighted by Crippen LogP contribution is -2.11. The predicted molar refractivity (Wildman–Crippen MR) is 53.4 cm³/mol. The predicted octanol–water partition coefficient (Wildman–Crippen LogP) is 2.36.